The van der Waals surface area contributed by atoms with Crippen molar-refractivity contribution in [3.05, 3.63) is 12.7 Å². The fourth-order valence-electron chi connectivity index (χ4n) is 3.16. The Morgan fingerprint density at radius 3 is 2.63 bits per heavy atom. The second kappa shape index (κ2) is 5.23. The Balaban J connectivity index is 2.18. The number of hydrogen-bond donors (Lipinski definition) is 0. The van der Waals surface area contributed by atoms with Crippen LogP contribution in [0.15, 0.2) is 12.7 Å². The number of hydrogen-bond acceptors (Lipinski definition) is 4. The molecule has 0 aromatic carbocycles. The highest BCUT2D eigenvalue weighted by atomic mass is 16.7. The Kier molecular flexibility index (Phi) is 3.99. The third kappa shape index (κ3) is 2.55. The fourth-order valence-corrected chi connectivity index (χ4v) is 3.16. The van der Waals surface area contributed by atoms with Crippen LogP contribution in [0.1, 0.15) is 26.2 Å². The van der Waals surface area contributed by atoms with E-state index in [9.17, 15) is 4.79 Å². The van der Waals surface area contributed by atoms with Crippen molar-refractivity contribution in [2.75, 3.05) is 27.4 Å². The Morgan fingerprint density at radius 2 is 2.11 bits per heavy atom. The van der Waals surface area contributed by atoms with E-state index in [4.69, 9.17) is 14.3 Å². The molecule has 1 saturated heterocycles. The number of nitrogens with zero attached hydrogens (tertiary/aromatic N) is 1. The molecule has 0 bridgehead atoms. The van der Waals surface area contributed by atoms with E-state index in [-0.39, 0.29) is 17.2 Å². The molecule has 1 aliphatic carbocycles. The van der Waals surface area contributed by atoms with Crippen LogP contribution in [-0.2, 0) is 19.1 Å². The lowest BCUT2D eigenvalue weighted by atomic mass is 9.65. The first-order chi connectivity index (χ1) is 8.96. The molecule has 2 fully saturated rings. The Morgan fingerprint density at radius 1 is 1.47 bits per heavy atom. The van der Waals surface area contributed by atoms with Gasteiger partial charge in [0, 0.05) is 31.2 Å². The minimum atomic E-state index is -0.522. The molecule has 0 radical (unpaired) electrons. The summed E-state index contributed by atoms with van der Waals surface area (Å²) in [5.74, 6) is -0.683. The third-order valence-electron chi connectivity index (χ3n) is 4.42. The molecule has 1 aliphatic heterocycles. The predicted molar refractivity (Wildman–Crippen MR) is 70.1 cm³/mol. The Labute approximate surface area is 114 Å². The van der Waals surface area contributed by atoms with Crippen LogP contribution < -0.4 is 0 Å². The van der Waals surface area contributed by atoms with Crippen molar-refractivity contribution < 1.29 is 19.1 Å². The van der Waals surface area contributed by atoms with E-state index in [2.05, 4.69) is 6.58 Å². The SMILES string of the molecule is C=C[C@]1(C)CC2(CC[C@H]1C(=O)N(C)OC)OCCO2. The molecule has 2 rings (SSSR count). The van der Waals surface area contributed by atoms with Crippen molar-refractivity contribution in [1.82, 2.24) is 5.06 Å². The highest BCUT2D eigenvalue weighted by molar-refractivity contribution is 5.79. The molecule has 0 N–H and O–H groups in total. The molecule has 5 nitrogen and oxygen atoms in total. The highest BCUT2D eigenvalue weighted by Gasteiger charge is 2.52. The second-order valence-corrected chi connectivity index (χ2v) is 5.60. The van der Waals surface area contributed by atoms with Crippen LogP contribution in [0.3, 0.4) is 0 Å². The molecular weight excluding hydrogens is 246 g/mol. The number of carbonyl (C=O) groups is 1. The number of rotatable bonds is 3. The lowest BCUT2D eigenvalue weighted by Crippen LogP contribution is -2.50. The molecule has 0 unspecified atom stereocenters. The van der Waals surface area contributed by atoms with Gasteiger partial charge in [0.1, 0.15) is 0 Å². The van der Waals surface area contributed by atoms with Gasteiger partial charge in [-0.05, 0) is 6.42 Å². The summed E-state index contributed by atoms with van der Waals surface area (Å²) >= 11 is 0. The van der Waals surface area contributed by atoms with Gasteiger partial charge in [-0.2, -0.15) is 0 Å². The Bertz CT molecular complexity index is 364. The molecule has 1 amide bonds. The number of hydroxylamine groups is 2. The lowest BCUT2D eigenvalue weighted by molar-refractivity contribution is -0.213. The molecule has 19 heavy (non-hydrogen) atoms. The molecule has 1 heterocycles. The molecule has 5 heteroatoms. The average Bonchev–Trinajstić information content (AvgIpc) is 2.85. The monoisotopic (exact) mass is 269 g/mol. The summed E-state index contributed by atoms with van der Waals surface area (Å²) < 4.78 is 11.5. The van der Waals surface area contributed by atoms with Crippen LogP contribution >= 0.6 is 0 Å². The summed E-state index contributed by atoms with van der Waals surface area (Å²) in [6.07, 6.45) is 3.97. The highest BCUT2D eigenvalue weighted by Crippen LogP contribution is 2.50. The maximum atomic E-state index is 12.4. The number of ether oxygens (including phenoxy) is 2. The van der Waals surface area contributed by atoms with Crippen molar-refractivity contribution in [2.45, 2.75) is 32.0 Å². The molecule has 1 saturated carbocycles. The van der Waals surface area contributed by atoms with Gasteiger partial charge in [-0.25, -0.2) is 5.06 Å². The minimum Gasteiger partial charge on any atom is -0.348 e. The van der Waals surface area contributed by atoms with Crippen LogP contribution in [-0.4, -0.2) is 44.1 Å². The normalized spacial score (nSPS) is 33.3. The molecule has 0 aromatic heterocycles. The predicted octanol–water partition coefficient (Wildman–Crippen LogP) is 1.74. The van der Waals surface area contributed by atoms with Gasteiger partial charge in [0.25, 0.3) is 0 Å². The quantitative estimate of drug-likeness (QED) is 0.578. The van der Waals surface area contributed by atoms with Crippen molar-refractivity contribution in [2.24, 2.45) is 11.3 Å². The zero-order valence-corrected chi connectivity index (χ0v) is 12.0. The molecule has 0 aromatic rings. The first kappa shape index (κ1) is 14.5. The maximum absolute atomic E-state index is 12.4. The largest absolute Gasteiger partial charge is 0.348 e. The minimum absolute atomic E-state index is 0.0160. The smallest absolute Gasteiger partial charge is 0.249 e. The van der Waals surface area contributed by atoms with Gasteiger partial charge in [-0.3, -0.25) is 9.63 Å². The number of amides is 1. The molecule has 1 spiro atoms. The van der Waals surface area contributed by atoms with E-state index in [1.165, 1.54) is 12.2 Å². The first-order valence-corrected chi connectivity index (χ1v) is 6.69. The van der Waals surface area contributed by atoms with Gasteiger partial charge in [0.05, 0.1) is 20.3 Å². The van der Waals surface area contributed by atoms with Crippen molar-refractivity contribution in [1.29, 1.82) is 0 Å². The summed E-state index contributed by atoms with van der Waals surface area (Å²) in [5.41, 5.74) is -0.341. The van der Waals surface area contributed by atoms with E-state index in [0.29, 0.717) is 19.6 Å². The van der Waals surface area contributed by atoms with E-state index in [1.54, 1.807) is 7.05 Å². The van der Waals surface area contributed by atoms with Gasteiger partial charge in [-0.1, -0.05) is 13.0 Å². The summed E-state index contributed by atoms with van der Waals surface area (Å²) in [7, 11) is 3.13. The van der Waals surface area contributed by atoms with E-state index >= 15 is 0 Å². The summed E-state index contributed by atoms with van der Waals surface area (Å²) in [4.78, 5) is 17.4. The van der Waals surface area contributed by atoms with E-state index in [0.717, 1.165) is 12.8 Å². The van der Waals surface area contributed by atoms with E-state index in [1.807, 2.05) is 13.0 Å². The van der Waals surface area contributed by atoms with Gasteiger partial charge in [-0.15, -0.1) is 6.58 Å². The first-order valence-electron chi connectivity index (χ1n) is 6.69. The van der Waals surface area contributed by atoms with Crippen LogP contribution in [0.4, 0.5) is 0 Å². The van der Waals surface area contributed by atoms with Gasteiger partial charge in [0.2, 0.25) is 5.91 Å². The standard InChI is InChI=1S/C14H23NO4/c1-5-13(2)10-14(18-8-9-19-14)7-6-11(13)12(16)15(3)17-4/h5,11H,1,6-10H2,2-4H3/t11-,13+/m0/s1. The van der Waals surface area contributed by atoms with Crippen molar-refractivity contribution in [3.63, 3.8) is 0 Å². The number of allylic oxidation sites excluding steroid dienone is 1. The maximum Gasteiger partial charge on any atom is 0.249 e. The lowest BCUT2D eigenvalue weighted by Gasteiger charge is -2.46. The van der Waals surface area contributed by atoms with Crippen LogP contribution in [0.5, 0.6) is 0 Å². The van der Waals surface area contributed by atoms with Crippen molar-refractivity contribution >= 4 is 5.91 Å². The third-order valence-corrected chi connectivity index (χ3v) is 4.42. The molecule has 108 valence electrons. The zero-order chi connectivity index (χ0) is 14.1. The summed E-state index contributed by atoms with van der Waals surface area (Å²) in [6, 6.07) is 0. The topological polar surface area (TPSA) is 48.0 Å². The average molecular weight is 269 g/mol. The van der Waals surface area contributed by atoms with Gasteiger partial charge in [0.15, 0.2) is 5.79 Å². The van der Waals surface area contributed by atoms with Crippen LogP contribution in [0, 0.1) is 11.3 Å². The number of carbonyl (C=O) groups excluding carboxylic acids is 1. The summed E-state index contributed by atoms with van der Waals surface area (Å²) in [6.45, 7) is 7.20. The van der Waals surface area contributed by atoms with Crippen LogP contribution in [0.2, 0.25) is 0 Å². The fraction of sp³-hybridized carbons (Fsp3) is 0.786. The van der Waals surface area contributed by atoms with Gasteiger partial charge >= 0.3 is 0 Å². The van der Waals surface area contributed by atoms with E-state index < -0.39 is 5.79 Å². The zero-order valence-electron chi connectivity index (χ0n) is 12.0. The van der Waals surface area contributed by atoms with Gasteiger partial charge < -0.3 is 9.47 Å². The second-order valence-electron chi connectivity index (χ2n) is 5.60. The molecule has 2 atom stereocenters. The summed E-state index contributed by atoms with van der Waals surface area (Å²) in [5, 5.41) is 1.29. The van der Waals surface area contributed by atoms with Crippen LogP contribution in [0.25, 0.3) is 0 Å². The Hall–Kier alpha value is -0.910. The van der Waals surface area contributed by atoms with Crippen molar-refractivity contribution in [3.8, 4) is 0 Å². The molecular formula is C14H23NO4. The molecule has 2 aliphatic rings.